The molecule has 3 aromatic heterocycles. The summed E-state index contributed by atoms with van der Waals surface area (Å²) in [7, 11) is 0. The van der Waals surface area contributed by atoms with Gasteiger partial charge in [-0.1, -0.05) is 41.1 Å². The van der Waals surface area contributed by atoms with Crippen molar-refractivity contribution >= 4 is 11.3 Å². The zero-order valence-corrected chi connectivity index (χ0v) is 13.6. The van der Waals surface area contributed by atoms with E-state index in [2.05, 4.69) is 10.1 Å². The lowest BCUT2D eigenvalue weighted by Gasteiger charge is -2.02. The van der Waals surface area contributed by atoms with Crippen molar-refractivity contribution < 1.29 is 9.45 Å². The van der Waals surface area contributed by atoms with E-state index >= 15 is 0 Å². The van der Waals surface area contributed by atoms with E-state index in [9.17, 15) is 10.1 Å². The molecule has 0 aliphatic rings. The molecule has 3 heterocycles. The van der Waals surface area contributed by atoms with Crippen LogP contribution in [0.5, 0.6) is 0 Å². The maximum atomic E-state index is 11.5. The van der Waals surface area contributed by atoms with Crippen molar-refractivity contribution in [1.29, 1.82) is 0 Å². The number of aromatic nitrogens is 3. The Morgan fingerprint density at radius 2 is 1.88 bits per heavy atom. The first-order valence-corrected chi connectivity index (χ1v) is 7.71. The maximum absolute atomic E-state index is 11.5. The Labute approximate surface area is 142 Å². The number of aryl methyl sites for hydroxylation is 2. The van der Waals surface area contributed by atoms with Crippen molar-refractivity contribution in [2.24, 2.45) is 0 Å². The van der Waals surface area contributed by atoms with Crippen molar-refractivity contribution in [2.75, 3.05) is 0 Å². The second-order valence-electron chi connectivity index (χ2n) is 5.81. The first-order chi connectivity index (χ1) is 12.1. The standard InChI is InChI=1S/C18H14N4O3/c1-11-6-8-13(9-7-11)15-17(21-10-4-3-5-14(21)19-15)18-16(22(23)24)12(2)20-25-18/h3-10H,1-2H3. The fourth-order valence-corrected chi connectivity index (χ4v) is 2.86. The highest BCUT2D eigenvalue weighted by molar-refractivity contribution is 5.83. The van der Waals surface area contributed by atoms with Gasteiger partial charge in [0.2, 0.25) is 0 Å². The molecule has 0 spiro atoms. The normalized spacial score (nSPS) is 11.1. The number of nitrogens with zero attached hydrogens (tertiary/aromatic N) is 4. The minimum atomic E-state index is -0.470. The van der Waals surface area contributed by atoms with E-state index < -0.39 is 4.92 Å². The molecule has 1 aromatic carbocycles. The van der Waals surface area contributed by atoms with E-state index in [4.69, 9.17) is 4.52 Å². The van der Waals surface area contributed by atoms with Gasteiger partial charge in [0.05, 0.1) is 4.92 Å². The van der Waals surface area contributed by atoms with Gasteiger partial charge in [-0.05, 0) is 26.0 Å². The van der Waals surface area contributed by atoms with Crippen LogP contribution in [-0.4, -0.2) is 19.5 Å². The van der Waals surface area contributed by atoms with Crippen molar-refractivity contribution in [3.8, 4) is 22.7 Å². The highest BCUT2D eigenvalue weighted by Crippen LogP contribution is 2.39. The third kappa shape index (κ3) is 2.37. The molecule has 0 amide bonds. The molecule has 0 fully saturated rings. The Hall–Kier alpha value is -3.48. The van der Waals surface area contributed by atoms with Crippen LogP contribution < -0.4 is 0 Å². The van der Waals surface area contributed by atoms with Crippen molar-refractivity contribution in [3.63, 3.8) is 0 Å². The van der Waals surface area contributed by atoms with Gasteiger partial charge < -0.3 is 4.52 Å². The molecule has 4 rings (SSSR count). The molecule has 0 saturated heterocycles. The summed E-state index contributed by atoms with van der Waals surface area (Å²) in [6.45, 7) is 3.55. The number of pyridine rings is 1. The van der Waals surface area contributed by atoms with E-state index in [1.807, 2.05) is 49.4 Å². The van der Waals surface area contributed by atoms with Crippen LogP contribution in [0.1, 0.15) is 11.3 Å². The topological polar surface area (TPSA) is 86.5 Å². The largest absolute Gasteiger partial charge is 0.347 e. The molecule has 0 radical (unpaired) electrons. The lowest BCUT2D eigenvalue weighted by molar-refractivity contribution is -0.385. The molecular weight excluding hydrogens is 320 g/mol. The van der Waals surface area contributed by atoms with Crippen LogP contribution in [0.25, 0.3) is 28.4 Å². The van der Waals surface area contributed by atoms with Crippen LogP contribution in [0.2, 0.25) is 0 Å². The summed E-state index contributed by atoms with van der Waals surface area (Å²) in [5, 5.41) is 15.3. The molecule has 7 heteroatoms. The maximum Gasteiger partial charge on any atom is 0.340 e. The Balaban J connectivity index is 2.07. The fourth-order valence-electron chi connectivity index (χ4n) is 2.86. The highest BCUT2D eigenvalue weighted by Gasteiger charge is 2.30. The number of imidazole rings is 1. The molecule has 0 saturated carbocycles. The Kier molecular flexibility index (Phi) is 3.35. The number of fused-ring (bicyclic) bond motifs is 1. The number of hydrogen-bond acceptors (Lipinski definition) is 5. The van der Waals surface area contributed by atoms with Crippen LogP contribution in [-0.2, 0) is 0 Å². The Morgan fingerprint density at radius 1 is 1.12 bits per heavy atom. The van der Waals surface area contributed by atoms with Crippen LogP contribution >= 0.6 is 0 Å². The van der Waals surface area contributed by atoms with Crippen LogP contribution in [0.15, 0.2) is 53.2 Å². The predicted molar refractivity (Wildman–Crippen MR) is 92.3 cm³/mol. The van der Waals surface area contributed by atoms with Crippen LogP contribution in [0.4, 0.5) is 5.69 Å². The third-order valence-corrected chi connectivity index (χ3v) is 4.08. The van der Waals surface area contributed by atoms with Gasteiger partial charge in [0.1, 0.15) is 17.0 Å². The lowest BCUT2D eigenvalue weighted by Crippen LogP contribution is -1.94. The van der Waals surface area contributed by atoms with E-state index in [0.717, 1.165) is 11.1 Å². The molecular formula is C18H14N4O3. The van der Waals surface area contributed by atoms with Gasteiger partial charge >= 0.3 is 5.69 Å². The molecule has 0 aliphatic carbocycles. The SMILES string of the molecule is Cc1ccc(-c2nc3ccccn3c2-c2onc(C)c2[N+](=O)[O-])cc1. The van der Waals surface area contributed by atoms with Gasteiger partial charge in [-0.15, -0.1) is 0 Å². The summed E-state index contributed by atoms with van der Waals surface area (Å²) in [6.07, 6.45) is 1.80. The second kappa shape index (κ2) is 5.55. The Morgan fingerprint density at radius 3 is 2.60 bits per heavy atom. The summed E-state index contributed by atoms with van der Waals surface area (Å²) in [6, 6.07) is 13.4. The third-order valence-electron chi connectivity index (χ3n) is 4.08. The van der Waals surface area contributed by atoms with Gasteiger partial charge in [0, 0.05) is 11.8 Å². The number of nitro groups is 1. The highest BCUT2D eigenvalue weighted by atomic mass is 16.6. The number of benzene rings is 1. The number of hydrogen-bond donors (Lipinski definition) is 0. The van der Waals surface area contributed by atoms with E-state index in [1.54, 1.807) is 17.5 Å². The van der Waals surface area contributed by atoms with Gasteiger partial charge in [-0.2, -0.15) is 0 Å². The van der Waals surface area contributed by atoms with Gasteiger partial charge in [-0.25, -0.2) is 4.98 Å². The van der Waals surface area contributed by atoms with E-state index in [-0.39, 0.29) is 17.1 Å². The molecule has 25 heavy (non-hydrogen) atoms. The molecule has 0 bridgehead atoms. The van der Waals surface area contributed by atoms with Gasteiger partial charge in [-0.3, -0.25) is 14.5 Å². The van der Waals surface area contributed by atoms with E-state index in [0.29, 0.717) is 17.0 Å². The zero-order chi connectivity index (χ0) is 17.6. The van der Waals surface area contributed by atoms with E-state index in [1.165, 1.54) is 0 Å². The molecule has 7 nitrogen and oxygen atoms in total. The summed E-state index contributed by atoms with van der Waals surface area (Å²) in [4.78, 5) is 15.7. The molecule has 124 valence electrons. The van der Waals surface area contributed by atoms with Crippen molar-refractivity contribution in [2.45, 2.75) is 13.8 Å². The molecule has 0 aliphatic heterocycles. The number of rotatable bonds is 3. The summed E-state index contributed by atoms with van der Waals surface area (Å²) in [5.41, 5.74) is 3.89. The van der Waals surface area contributed by atoms with Crippen LogP contribution in [0, 0.1) is 24.0 Å². The van der Waals surface area contributed by atoms with Crippen molar-refractivity contribution in [3.05, 3.63) is 70.0 Å². The smallest absolute Gasteiger partial charge is 0.340 e. The molecule has 0 atom stereocenters. The van der Waals surface area contributed by atoms with Gasteiger partial charge in [0.25, 0.3) is 5.76 Å². The summed E-state index contributed by atoms with van der Waals surface area (Å²) < 4.78 is 7.12. The predicted octanol–water partition coefficient (Wildman–Crippen LogP) is 4.18. The monoisotopic (exact) mass is 334 g/mol. The average Bonchev–Trinajstić information content (AvgIpc) is 3.15. The Bertz CT molecular complexity index is 1090. The quantitative estimate of drug-likeness (QED) is 0.414. The minimum absolute atomic E-state index is 0.108. The van der Waals surface area contributed by atoms with Gasteiger partial charge in [0.15, 0.2) is 5.69 Å². The average molecular weight is 334 g/mol. The fraction of sp³-hybridized carbons (Fsp3) is 0.111. The zero-order valence-electron chi connectivity index (χ0n) is 13.6. The lowest BCUT2D eigenvalue weighted by atomic mass is 10.1. The molecule has 0 unspecified atom stereocenters. The molecule has 0 N–H and O–H groups in total. The minimum Gasteiger partial charge on any atom is -0.347 e. The first kappa shape index (κ1) is 15.1. The van der Waals surface area contributed by atoms with Crippen molar-refractivity contribution in [1.82, 2.24) is 14.5 Å². The van der Waals surface area contributed by atoms with Crippen LogP contribution in [0.3, 0.4) is 0 Å². The summed E-state index contributed by atoms with van der Waals surface area (Å²) in [5.74, 6) is 0.108. The second-order valence-corrected chi connectivity index (χ2v) is 5.81. The molecule has 4 aromatic rings. The summed E-state index contributed by atoms with van der Waals surface area (Å²) >= 11 is 0. The first-order valence-electron chi connectivity index (χ1n) is 7.71.